The van der Waals surface area contributed by atoms with Crippen LogP contribution in [0.25, 0.3) is 0 Å². The van der Waals surface area contributed by atoms with Crippen LogP contribution in [-0.4, -0.2) is 19.9 Å². The number of halogens is 2. The zero-order valence-electron chi connectivity index (χ0n) is 12.4. The molecule has 0 bridgehead atoms. The van der Waals surface area contributed by atoms with Crippen molar-refractivity contribution in [3.8, 4) is 0 Å². The fourth-order valence-electron chi connectivity index (χ4n) is 2.05. The van der Waals surface area contributed by atoms with Gasteiger partial charge in [0, 0.05) is 10.2 Å². The molecule has 5 nitrogen and oxygen atoms in total. The van der Waals surface area contributed by atoms with Gasteiger partial charge >= 0.3 is 0 Å². The van der Waals surface area contributed by atoms with E-state index in [1.807, 2.05) is 30.3 Å². The van der Waals surface area contributed by atoms with Crippen LogP contribution in [0.2, 0.25) is 0 Å². The quantitative estimate of drug-likeness (QED) is 0.641. The minimum atomic E-state index is -0.272. The van der Waals surface area contributed by atoms with Crippen LogP contribution in [0.3, 0.4) is 0 Å². The summed E-state index contributed by atoms with van der Waals surface area (Å²) in [6.07, 6.45) is 1.56. The zero-order valence-corrected chi connectivity index (χ0v) is 14.8. The molecule has 3 rings (SSSR count). The molecule has 0 atom stereocenters. The molecule has 0 aliphatic carbocycles. The molecule has 0 unspecified atom stereocenters. The van der Waals surface area contributed by atoms with E-state index < -0.39 is 0 Å². The summed E-state index contributed by atoms with van der Waals surface area (Å²) in [5.41, 5.74) is 1.66. The van der Waals surface area contributed by atoms with Crippen molar-refractivity contribution >= 4 is 44.9 Å². The number of anilines is 2. The standard InChI is InChI=1S/C16H13BrFN5S/c17-12-4-6-14(7-5-12)20-16(24)21-15-19-10-23(22-15)9-11-2-1-3-13(18)8-11/h1-8,10H,9H2,(H2,20,21,22,24). The number of thiocarbonyl (C=S) groups is 1. The number of hydrogen-bond acceptors (Lipinski definition) is 3. The van der Waals surface area contributed by atoms with Gasteiger partial charge in [-0.3, -0.25) is 5.32 Å². The monoisotopic (exact) mass is 405 g/mol. The van der Waals surface area contributed by atoms with Gasteiger partial charge in [-0.15, -0.1) is 5.10 Å². The molecule has 1 aromatic heterocycles. The maximum absolute atomic E-state index is 13.2. The first-order chi connectivity index (χ1) is 11.6. The molecule has 8 heteroatoms. The lowest BCUT2D eigenvalue weighted by Gasteiger charge is -2.07. The van der Waals surface area contributed by atoms with E-state index in [9.17, 15) is 4.39 Å². The van der Waals surface area contributed by atoms with Crippen LogP contribution in [0.4, 0.5) is 16.0 Å². The van der Waals surface area contributed by atoms with Crippen molar-refractivity contribution in [3.63, 3.8) is 0 Å². The lowest BCUT2D eigenvalue weighted by molar-refractivity contribution is 0.619. The van der Waals surface area contributed by atoms with E-state index in [0.29, 0.717) is 17.6 Å². The summed E-state index contributed by atoms with van der Waals surface area (Å²) in [4.78, 5) is 4.14. The second-order valence-corrected chi connectivity index (χ2v) is 6.31. The Morgan fingerprint density at radius 3 is 2.71 bits per heavy atom. The Balaban J connectivity index is 1.59. The summed E-state index contributed by atoms with van der Waals surface area (Å²) in [6, 6.07) is 14.0. The van der Waals surface area contributed by atoms with Gasteiger partial charge in [-0.1, -0.05) is 28.1 Å². The topological polar surface area (TPSA) is 54.8 Å². The van der Waals surface area contributed by atoms with Crippen molar-refractivity contribution in [2.45, 2.75) is 6.54 Å². The van der Waals surface area contributed by atoms with E-state index in [-0.39, 0.29) is 5.82 Å². The Morgan fingerprint density at radius 1 is 1.17 bits per heavy atom. The molecule has 1 heterocycles. The Hall–Kier alpha value is -2.32. The van der Waals surface area contributed by atoms with E-state index >= 15 is 0 Å². The highest BCUT2D eigenvalue weighted by molar-refractivity contribution is 9.10. The van der Waals surface area contributed by atoms with Gasteiger partial charge in [0.1, 0.15) is 12.1 Å². The average Bonchev–Trinajstić information content (AvgIpc) is 2.96. The number of benzene rings is 2. The summed E-state index contributed by atoms with van der Waals surface area (Å²) in [7, 11) is 0. The number of rotatable bonds is 4. The van der Waals surface area contributed by atoms with Crippen LogP contribution in [0.1, 0.15) is 5.56 Å². The molecule has 24 heavy (non-hydrogen) atoms. The smallest absolute Gasteiger partial charge is 0.248 e. The summed E-state index contributed by atoms with van der Waals surface area (Å²) < 4.78 is 15.8. The highest BCUT2D eigenvalue weighted by Crippen LogP contribution is 2.14. The molecule has 0 aliphatic heterocycles. The van der Waals surface area contributed by atoms with Gasteiger partial charge in [0.15, 0.2) is 5.11 Å². The molecule has 0 radical (unpaired) electrons. The van der Waals surface area contributed by atoms with Crippen molar-refractivity contribution in [1.29, 1.82) is 0 Å². The molecule has 3 aromatic rings. The molecular weight excluding hydrogens is 393 g/mol. The largest absolute Gasteiger partial charge is 0.332 e. The van der Waals surface area contributed by atoms with Gasteiger partial charge < -0.3 is 5.32 Å². The molecule has 0 saturated heterocycles. The maximum Gasteiger partial charge on any atom is 0.248 e. The second kappa shape index (κ2) is 7.50. The SMILES string of the molecule is Fc1cccc(Cn2cnc(NC(=S)Nc3ccc(Br)cc3)n2)c1. The van der Waals surface area contributed by atoms with Crippen molar-refractivity contribution < 1.29 is 4.39 Å². The first kappa shape index (κ1) is 16.5. The molecule has 0 saturated carbocycles. The predicted octanol–water partition coefficient (Wildman–Crippen LogP) is 4.04. The van der Waals surface area contributed by atoms with E-state index in [1.54, 1.807) is 17.1 Å². The first-order valence-electron chi connectivity index (χ1n) is 7.06. The van der Waals surface area contributed by atoms with Gasteiger partial charge in [-0.25, -0.2) is 14.1 Å². The van der Waals surface area contributed by atoms with Crippen LogP contribution < -0.4 is 10.6 Å². The molecule has 122 valence electrons. The molecule has 2 N–H and O–H groups in total. The van der Waals surface area contributed by atoms with Crippen molar-refractivity contribution in [2.75, 3.05) is 10.6 Å². The van der Waals surface area contributed by atoms with Gasteiger partial charge in [0.25, 0.3) is 0 Å². The van der Waals surface area contributed by atoms with Crippen molar-refractivity contribution in [3.05, 3.63) is 70.7 Å². The van der Waals surface area contributed by atoms with Crippen LogP contribution in [0.15, 0.2) is 59.3 Å². The Labute approximate surface area is 152 Å². The minimum absolute atomic E-state index is 0.272. The van der Waals surface area contributed by atoms with Crippen molar-refractivity contribution in [2.24, 2.45) is 0 Å². The molecule has 0 aliphatic rings. The Bertz CT molecular complexity index is 850. The van der Waals surface area contributed by atoms with Gasteiger partial charge in [0.2, 0.25) is 5.95 Å². The Kier molecular flexibility index (Phi) is 5.17. The summed E-state index contributed by atoms with van der Waals surface area (Å²) in [5.74, 6) is 0.104. The van der Waals surface area contributed by atoms with E-state index in [1.165, 1.54) is 12.1 Å². The molecule has 0 amide bonds. The minimum Gasteiger partial charge on any atom is -0.332 e. The zero-order chi connectivity index (χ0) is 16.9. The van der Waals surface area contributed by atoms with Gasteiger partial charge in [-0.05, 0) is 54.2 Å². The number of hydrogen-bond donors (Lipinski definition) is 2. The fraction of sp³-hybridized carbons (Fsp3) is 0.0625. The lowest BCUT2D eigenvalue weighted by Crippen LogP contribution is -2.20. The lowest BCUT2D eigenvalue weighted by atomic mass is 10.2. The maximum atomic E-state index is 13.2. The van der Waals surface area contributed by atoms with Crippen LogP contribution in [0, 0.1) is 5.82 Å². The van der Waals surface area contributed by atoms with Crippen LogP contribution in [0.5, 0.6) is 0 Å². The third kappa shape index (κ3) is 4.59. The van der Waals surface area contributed by atoms with E-state index in [0.717, 1.165) is 15.7 Å². The molecule has 0 spiro atoms. The Morgan fingerprint density at radius 2 is 1.96 bits per heavy atom. The van der Waals surface area contributed by atoms with Crippen molar-refractivity contribution in [1.82, 2.24) is 14.8 Å². The van der Waals surface area contributed by atoms with Gasteiger partial charge in [-0.2, -0.15) is 0 Å². The average molecular weight is 406 g/mol. The molecule has 2 aromatic carbocycles. The highest BCUT2D eigenvalue weighted by atomic mass is 79.9. The normalized spacial score (nSPS) is 10.4. The third-order valence-corrected chi connectivity index (χ3v) is 3.83. The molecule has 0 fully saturated rings. The summed E-state index contributed by atoms with van der Waals surface area (Å²) in [5, 5.41) is 10.6. The predicted molar refractivity (Wildman–Crippen MR) is 99.5 cm³/mol. The summed E-state index contributed by atoms with van der Waals surface area (Å²) >= 11 is 8.61. The van der Waals surface area contributed by atoms with E-state index in [4.69, 9.17) is 12.2 Å². The van der Waals surface area contributed by atoms with Gasteiger partial charge in [0.05, 0.1) is 6.54 Å². The number of aromatic nitrogens is 3. The highest BCUT2D eigenvalue weighted by Gasteiger charge is 2.05. The second-order valence-electron chi connectivity index (χ2n) is 4.98. The fourth-order valence-corrected chi connectivity index (χ4v) is 2.52. The molecular formula is C16H13BrFN5S. The number of nitrogens with one attached hydrogen (secondary N) is 2. The van der Waals surface area contributed by atoms with Crippen LogP contribution in [-0.2, 0) is 6.54 Å². The number of nitrogens with zero attached hydrogens (tertiary/aromatic N) is 3. The summed E-state index contributed by atoms with van der Waals surface area (Å²) in [6.45, 7) is 0.430. The third-order valence-electron chi connectivity index (χ3n) is 3.10. The first-order valence-corrected chi connectivity index (χ1v) is 8.26. The van der Waals surface area contributed by atoms with E-state index in [2.05, 4.69) is 36.6 Å². The van der Waals surface area contributed by atoms with Crippen LogP contribution >= 0.6 is 28.1 Å².